The van der Waals surface area contributed by atoms with Crippen molar-refractivity contribution in [3.05, 3.63) is 36.2 Å². The maximum absolute atomic E-state index is 5.54. The largest absolute Gasteiger partial charge is 0.375 e. The first-order valence-corrected chi connectivity index (χ1v) is 5.54. The summed E-state index contributed by atoms with van der Waals surface area (Å²) in [5, 5.41) is 1.06. The fourth-order valence-electron chi connectivity index (χ4n) is 1.47. The van der Waals surface area contributed by atoms with E-state index in [0.29, 0.717) is 12.5 Å². The van der Waals surface area contributed by atoms with Crippen molar-refractivity contribution >= 4 is 11.0 Å². The lowest BCUT2D eigenvalue weighted by Gasteiger charge is -2.06. The molecular formula is C13H16N2O. The van der Waals surface area contributed by atoms with E-state index in [0.717, 1.165) is 23.3 Å². The summed E-state index contributed by atoms with van der Waals surface area (Å²) in [5.41, 5.74) is 1.72. The molecule has 0 atom stereocenters. The van der Waals surface area contributed by atoms with Crippen LogP contribution in [0.5, 0.6) is 0 Å². The van der Waals surface area contributed by atoms with Crippen molar-refractivity contribution in [3.8, 4) is 0 Å². The van der Waals surface area contributed by atoms with Gasteiger partial charge in [-0.05, 0) is 30.2 Å². The zero-order valence-electron chi connectivity index (χ0n) is 9.68. The van der Waals surface area contributed by atoms with Crippen LogP contribution in [0.3, 0.4) is 0 Å². The Morgan fingerprint density at radius 1 is 1.25 bits per heavy atom. The topological polar surface area (TPSA) is 35.0 Å². The van der Waals surface area contributed by atoms with Gasteiger partial charge in [0.05, 0.1) is 12.3 Å². The average molecular weight is 216 g/mol. The average Bonchev–Trinajstić information content (AvgIpc) is 2.28. The molecule has 3 heteroatoms. The third-order valence-corrected chi connectivity index (χ3v) is 2.22. The molecule has 0 saturated heterocycles. The van der Waals surface area contributed by atoms with E-state index in [2.05, 4.69) is 23.8 Å². The predicted octanol–water partition coefficient (Wildman–Crippen LogP) is 2.80. The Morgan fingerprint density at radius 2 is 2.12 bits per heavy atom. The molecule has 0 amide bonds. The second-order valence-electron chi connectivity index (χ2n) is 4.26. The van der Waals surface area contributed by atoms with Gasteiger partial charge in [-0.15, -0.1) is 0 Å². The van der Waals surface area contributed by atoms with E-state index in [1.54, 1.807) is 6.20 Å². The van der Waals surface area contributed by atoms with E-state index >= 15 is 0 Å². The summed E-state index contributed by atoms with van der Waals surface area (Å²) in [4.78, 5) is 8.65. The Labute approximate surface area is 95.5 Å². The van der Waals surface area contributed by atoms with Crippen LogP contribution in [0.1, 0.15) is 19.5 Å². The highest BCUT2D eigenvalue weighted by molar-refractivity contribution is 5.74. The molecule has 16 heavy (non-hydrogen) atoms. The minimum absolute atomic E-state index is 0.554. The Bertz CT molecular complexity index is 468. The van der Waals surface area contributed by atoms with Crippen LogP contribution in [0.15, 0.2) is 30.5 Å². The summed E-state index contributed by atoms with van der Waals surface area (Å²) < 4.78 is 5.54. The minimum atomic E-state index is 0.554. The fraction of sp³-hybridized carbons (Fsp3) is 0.385. The fourth-order valence-corrected chi connectivity index (χ4v) is 1.47. The van der Waals surface area contributed by atoms with E-state index in [1.807, 2.05) is 24.3 Å². The second-order valence-corrected chi connectivity index (χ2v) is 4.26. The van der Waals surface area contributed by atoms with Crippen LogP contribution in [0.4, 0.5) is 0 Å². The van der Waals surface area contributed by atoms with Crippen LogP contribution in [-0.4, -0.2) is 16.6 Å². The molecule has 84 valence electrons. The van der Waals surface area contributed by atoms with Crippen molar-refractivity contribution in [1.29, 1.82) is 0 Å². The van der Waals surface area contributed by atoms with Crippen molar-refractivity contribution in [2.75, 3.05) is 6.61 Å². The van der Waals surface area contributed by atoms with E-state index < -0.39 is 0 Å². The van der Waals surface area contributed by atoms with Crippen LogP contribution >= 0.6 is 0 Å². The Balaban J connectivity index is 2.08. The number of rotatable bonds is 4. The normalized spacial score (nSPS) is 11.2. The Hall–Kier alpha value is -1.48. The zero-order chi connectivity index (χ0) is 11.4. The van der Waals surface area contributed by atoms with Crippen molar-refractivity contribution in [2.24, 2.45) is 5.92 Å². The van der Waals surface area contributed by atoms with Gasteiger partial charge < -0.3 is 4.74 Å². The van der Waals surface area contributed by atoms with Gasteiger partial charge in [-0.2, -0.15) is 0 Å². The van der Waals surface area contributed by atoms with Gasteiger partial charge in [0.25, 0.3) is 0 Å². The van der Waals surface area contributed by atoms with Crippen LogP contribution in [-0.2, 0) is 11.3 Å². The molecule has 2 aromatic rings. The zero-order valence-corrected chi connectivity index (χ0v) is 9.68. The van der Waals surface area contributed by atoms with Crippen LogP contribution in [0.25, 0.3) is 11.0 Å². The van der Waals surface area contributed by atoms with E-state index in [9.17, 15) is 0 Å². The van der Waals surface area contributed by atoms with Crippen molar-refractivity contribution in [1.82, 2.24) is 9.97 Å². The van der Waals surface area contributed by atoms with Crippen molar-refractivity contribution < 1.29 is 4.74 Å². The molecular weight excluding hydrogens is 200 g/mol. The molecule has 3 nitrogen and oxygen atoms in total. The van der Waals surface area contributed by atoms with Gasteiger partial charge >= 0.3 is 0 Å². The molecule has 0 unspecified atom stereocenters. The highest BCUT2D eigenvalue weighted by Gasteiger charge is 2.00. The molecule has 2 rings (SSSR count). The maximum Gasteiger partial charge on any atom is 0.159 e. The highest BCUT2D eigenvalue weighted by atomic mass is 16.5. The SMILES string of the molecule is CC(C)COCc1ccc2cccnc2n1. The maximum atomic E-state index is 5.54. The number of hydrogen-bond donors (Lipinski definition) is 0. The van der Waals surface area contributed by atoms with E-state index in [-0.39, 0.29) is 0 Å². The Morgan fingerprint density at radius 3 is 2.94 bits per heavy atom. The van der Waals surface area contributed by atoms with Gasteiger partial charge in [-0.1, -0.05) is 13.8 Å². The lowest BCUT2D eigenvalue weighted by atomic mass is 10.2. The molecule has 0 N–H and O–H groups in total. The standard InChI is InChI=1S/C13H16N2O/c1-10(2)8-16-9-12-6-5-11-4-3-7-14-13(11)15-12/h3-7,10H,8-9H2,1-2H3. The van der Waals surface area contributed by atoms with Gasteiger partial charge in [0, 0.05) is 18.2 Å². The summed E-state index contributed by atoms with van der Waals surface area (Å²) >= 11 is 0. The summed E-state index contributed by atoms with van der Waals surface area (Å²) in [6, 6.07) is 7.95. The van der Waals surface area contributed by atoms with Gasteiger partial charge in [-0.3, -0.25) is 0 Å². The second kappa shape index (κ2) is 5.03. The van der Waals surface area contributed by atoms with Crippen molar-refractivity contribution in [3.63, 3.8) is 0 Å². The number of aromatic nitrogens is 2. The van der Waals surface area contributed by atoms with Crippen molar-refractivity contribution in [2.45, 2.75) is 20.5 Å². The first-order chi connectivity index (χ1) is 7.75. The first kappa shape index (κ1) is 11.0. The molecule has 0 spiro atoms. The van der Waals surface area contributed by atoms with Crippen LogP contribution < -0.4 is 0 Å². The summed E-state index contributed by atoms with van der Waals surface area (Å²) in [6.07, 6.45) is 1.76. The highest BCUT2D eigenvalue weighted by Crippen LogP contribution is 2.10. The third kappa shape index (κ3) is 2.76. The van der Waals surface area contributed by atoms with E-state index in [4.69, 9.17) is 4.74 Å². The number of ether oxygens (including phenoxy) is 1. The predicted molar refractivity (Wildman–Crippen MR) is 64.0 cm³/mol. The molecule has 0 bridgehead atoms. The summed E-state index contributed by atoms with van der Waals surface area (Å²) in [6.45, 7) is 5.59. The number of pyridine rings is 2. The molecule has 0 radical (unpaired) electrons. The van der Waals surface area contributed by atoms with Crippen LogP contribution in [0, 0.1) is 5.92 Å². The van der Waals surface area contributed by atoms with E-state index in [1.165, 1.54) is 0 Å². The number of nitrogens with zero attached hydrogens (tertiary/aromatic N) is 2. The monoisotopic (exact) mass is 216 g/mol. The summed E-state index contributed by atoms with van der Waals surface area (Å²) in [5.74, 6) is 0.554. The quantitative estimate of drug-likeness (QED) is 0.788. The Kier molecular flexibility index (Phi) is 3.47. The lowest BCUT2D eigenvalue weighted by molar-refractivity contribution is 0.0950. The van der Waals surface area contributed by atoms with Gasteiger partial charge in [-0.25, -0.2) is 9.97 Å². The number of fused-ring (bicyclic) bond motifs is 1. The smallest absolute Gasteiger partial charge is 0.159 e. The van der Waals surface area contributed by atoms with Gasteiger partial charge in [0.15, 0.2) is 5.65 Å². The molecule has 0 saturated carbocycles. The molecule has 2 aromatic heterocycles. The number of hydrogen-bond acceptors (Lipinski definition) is 3. The molecule has 2 heterocycles. The minimum Gasteiger partial charge on any atom is -0.375 e. The van der Waals surface area contributed by atoms with Gasteiger partial charge in [0.2, 0.25) is 0 Å². The molecule has 0 aliphatic carbocycles. The summed E-state index contributed by atoms with van der Waals surface area (Å²) in [7, 11) is 0. The van der Waals surface area contributed by atoms with Gasteiger partial charge in [0.1, 0.15) is 0 Å². The molecule has 0 fully saturated rings. The first-order valence-electron chi connectivity index (χ1n) is 5.54. The third-order valence-electron chi connectivity index (χ3n) is 2.22. The molecule has 0 aliphatic heterocycles. The lowest BCUT2D eigenvalue weighted by Crippen LogP contribution is -2.03. The molecule has 0 aliphatic rings. The van der Waals surface area contributed by atoms with Crippen LogP contribution in [0.2, 0.25) is 0 Å². The molecule has 0 aromatic carbocycles.